The maximum atomic E-state index is 5.29. The molecule has 0 spiro atoms. The average Bonchev–Trinajstić information content (AvgIpc) is 2.91. The van der Waals surface area contributed by atoms with E-state index in [0.717, 1.165) is 40.7 Å². The molecule has 0 unspecified atom stereocenters. The molecule has 5 heteroatoms. The van der Waals surface area contributed by atoms with Crippen molar-refractivity contribution in [3.8, 4) is 10.6 Å². The van der Waals surface area contributed by atoms with Crippen molar-refractivity contribution in [3.05, 3.63) is 23.1 Å². The van der Waals surface area contributed by atoms with Gasteiger partial charge in [-0.15, -0.1) is 10.2 Å². The lowest BCUT2D eigenvalue weighted by Gasteiger charge is -2.20. The highest BCUT2D eigenvalue weighted by atomic mass is 32.1. The number of hydrogen-bond donors (Lipinski definition) is 1. The molecule has 0 aliphatic carbocycles. The normalized spacial score (nSPS) is 12.0. The molecular formula is C14H21N3OS. The molecule has 2 heterocycles. The second-order valence-corrected chi connectivity index (χ2v) is 6.73. The number of furan rings is 1. The van der Waals surface area contributed by atoms with Gasteiger partial charge in [-0.1, -0.05) is 11.3 Å². The monoisotopic (exact) mass is 279 g/mol. The highest BCUT2D eigenvalue weighted by Gasteiger charge is 2.11. The zero-order valence-corrected chi connectivity index (χ0v) is 12.8. The van der Waals surface area contributed by atoms with Gasteiger partial charge in [-0.25, -0.2) is 0 Å². The Bertz CT molecular complexity index is 525. The predicted molar refractivity (Wildman–Crippen MR) is 78.4 cm³/mol. The number of aryl methyl sites for hydroxylation is 2. The second kappa shape index (κ2) is 5.84. The lowest BCUT2D eigenvalue weighted by atomic mass is 10.1. The van der Waals surface area contributed by atoms with Gasteiger partial charge in [0, 0.05) is 12.0 Å². The Morgan fingerprint density at radius 3 is 2.74 bits per heavy atom. The van der Waals surface area contributed by atoms with Crippen LogP contribution in [0, 0.1) is 6.92 Å². The van der Waals surface area contributed by atoms with E-state index in [9.17, 15) is 0 Å². The first-order valence-electron chi connectivity index (χ1n) is 6.57. The Hall–Kier alpha value is -1.20. The predicted octanol–water partition coefficient (Wildman–Crippen LogP) is 3.43. The number of nitrogens with zero attached hydrogens (tertiary/aromatic N) is 2. The molecule has 1 N–H and O–H groups in total. The first-order valence-corrected chi connectivity index (χ1v) is 7.39. The van der Waals surface area contributed by atoms with Gasteiger partial charge in [0.15, 0.2) is 5.01 Å². The van der Waals surface area contributed by atoms with Gasteiger partial charge < -0.3 is 9.73 Å². The molecule has 0 amide bonds. The van der Waals surface area contributed by atoms with Crippen LogP contribution >= 0.6 is 11.3 Å². The summed E-state index contributed by atoms with van der Waals surface area (Å²) in [6.07, 6.45) is 3.74. The fourth-order valence-corrected chi connectivity index (χ4v) is 2.73. The van der Waals surface area contributed by atoms with Crippen LogP contribution in [0.4, 0.5) is 0 Å². The summed E-state index contributed by atoms with van der Waals surface area (Å²) in [5, 5.41) is 14.0. The maximum absolute atomic E-state index is 5.29. The highest BCUT2D eigenvalue weighted by Crippen LogP contribution is 2.27. The number of aromatic nitrogens is 2. The first kappa shape index (κ1) is 14.2. The van der Waals surface area contributed by atoms with E-state index in [4.69, 9.17) is 4.42 Å². The molecule has 2 aromatic rings. The van der Waals surface area contributed by atoms with E-state index in [1.54, 1.807) is 17.6 Å². The third kappa shape index (κ3) is 4.14. The van der Waals surface area contributed by atoms with Crippen LogP contribution in [0.2, 0.25) is 0 Å². The summed E-state index contributed by atoms with van der Waals surface area (Å²) in [6, 6.07) is 1.95. The summed E-state index contributed by atoms with van der Waals surface area (Å²) in [7, 11) is 0. The molecule has 2 rings (SSSR count). The summed E-state index contributed by atoms with van der Waals surface area (Å²) in [4.78, 5) is 0. The van der Waals surface area contributed by atoms with Crippen molar-refractivity contribution in [2.75, 3.05) is 6.54 Å². The van der Waals surface area contributed by atoms with Crippen molar-refractivity contribution in [1.29, 1.82) is 0 Å². The van der Waals surface area contributed by atoms with E-state index in [-0.39, 0.29) is 5.54 Å². The zero-order valence-electron chi connectivity index (χ0n) is 12.0. The number of hydrogen-bond acceptors (Lipinski definition) is 5. The van der Waals surface area contributed by atoms with Gasteiger partial charge in [-0.2, -0.15) is 0 Å². The first-order chi connectivity index (χ1) is 8.96. The minimum absolute atomic E-state index is 0.181. The van der Waals surface area contributed by atoms with Crippen LogP contribution in [0.15, 0.2) is 16.7 Å². The van der Waals surface area contributed by atoms with E-state index in [1.165, 1.54) is 0 Å². The van der Waals surface area contributed by atoms with Crippen LogP contribution in [-0.4, -0.2) is 22.3 Å². The van der Waals surface area contributed by atoms with E-state index < -0.39 is 0 Å². The Morgan fingerprint density at radius 1 is 1.32 bits per heavy atom. The van der Waals surface area contributed by atoms with Gasteiger partial charge in [0.25, 0.3) is 0 Å². The molecule has 0 saturated carbocycles. The van der Waals surface area contributed by atoms with E-state index in [1.807, 2.05) is 13.0 Å². The Kier molecular flexibility index (Phi) is 4.37. The SMILES string of the molecule is Cc1occc1-c1nnc(CCCNC(C)(C)C)s1. The fourth-order valence-electron chi connectivity index (χ4n) is 1.77. The van der Waals surface area contributed by atoms with Crippen molar-refractivity contribution in [2.24, 2.45) is 0 Å². The largest absolute Gasteiger partial charge is 0.469 e. The van der Waals surface area contributed by atoms with Crippen LogP contribution in [0.5, 0.6) is 0 Å². The molecule has 0 aliphatic heterocycles. The third-order valence-electron chi connectivity index (χ3n) is 2.78. The van der Waals surface area contributed by atoms with Crippen molar-refractivity contribution in [1.82, 2.24) is 15.5 Å². The average molecular weight is 279 g/mol. The molecule has 4 nitrogen and oxygen atoms in total. The molecule has 104 valence electrons. The molecular weight excluding hydrogens is 258 g/mol. The maximum Gasteiger partial charge on any atom is 0.151 e. The van der Waals surface area contributed by atoms with Gasteiger partial charge in [0.1, 0.15) is 10.8 Å². The van der Waals surface area contributed by atoms with Crippen LogP contribution in [0.1, 0.15) is 38.0 Å². The fraction of sp³-hybridized carbons (Fsp3) is 0.571. The van der Waals surface area contributed by atoms with Crippen LogP contribution in [0.3, 0.4) is 0 Å². The summed E-state index contributed by atoms with van der Waals surface area (Å²) in [6.45, 7) is 9.49. The molecule has 2 aromatic heterocycles. The van der Waals surface area contributed by atoms with E-state index in [2.05, 4.69) is 36.3 Å². The number of nitrogens with one attached hydrogen (secondary N) is 1. The summed E-state index contributed by atoms with van der Waals surface area (Å²) in [5.74, 6) is 0.900. The van der Waals surface area contributed by atoms with Crippen LogP contribution in [-0.2, 0) is 6.42 Å². The quantitative estimate of drug-likeness (QED) is 0.852. The number of rotatable bonds is 5. The molecule has 0 atom stereocenters. The minimum Gasteiger partial charge on any atom is -0.469 e. The lowest BCUT2D eigenvalue weighted by Crippen LogP contribution is -2.36. The zero-order chi connectivity index (χ0) is 13.9. The molecule has 19 heavy (non-hydrogen) atoms. The molecule has 0 aromatic carbocycles. The van der Waals surface area contributed by atoms with Crippen molar-refractivity contribution < 1.29 is 4.42 Å². The van der Waals surface area contributed by atoms with Crippen molar-refractivity contribution in [2.45, 2.75) is 46.1 Å². The Morgan fingerprint density at radius 2 is 2.11 bits per heavy atom. The highest BCUT2D eigenvalue weighted by molar-refractivity contribution is 7.14. The molecule has 0 saturated heterocycles. The standard InChI is InChI=1S/C14H21N3OS/c1-10-11(7-9-18-10)13-17-16-12(19-13)6-5-8-15-14(2,3)4/h7,9,15H,5-6,8H2,1-4H3. The van der Waals surface area contributed by atoms with Crippen molar-refractivity contribution >= 4 is 11.3 Å². The van der Waals surface area contributed by atoms with Crippen LogP contribution < -0.4 is 5.32 Å². The van der Waals surface area contributed by atoms with Gasteiger partial charge >= 0.3 is 0 Å². The Balaban J connectivity index is 1.87. The lowest BCUT2D eigenvalue weighted by molar-refractivity contribution is 0.422. The molecule has 0 aliphatic rings. The summed E-state index contributed by atoms with van der Waals surface area (Å²) in [5.41, 5.74) is 1.23. The second-order valence-electron chi connectivity index (χ2n) is 5.67. The van der Waals surface area contributed by atoms with Gasteiger partial charge in [-0.3, -0.25) is 0 Å². The van der Waals surface area contributed by atoms with Crippen molar-refractivity contribution in [3.63, 3.8) is 0 Å². The Labute approximate surface area is 118 Å². The van der Waals surface area contributed by atoms with E-state index >= 15 is 0 Å². The topological polar surface area (TPSA) is 51.0 Å². The van der Waals surface area contributed by atoms with Gasteiger partial charge in [-0.05, 0) is 46.7 Å². The summed E-state index contributed by atoms with van der Waals surface area (Å²) < 4.78 is 5.29. The molecule has 0 radical (unpaired) electrons. The smallest absolute Gasteiger partial charge is 0.151 e. The molecule has 0 fully saturated rings. The minimum atomic E-state index is 0.181. The summed E-state index contributed by atoms with van der Waals surface area (Å²) >= 11 is 1.65. The molecule has 0 bridgehead atoms. The third-order valence-corrected chi connectivity index (χ3v) is 3.80. The van der Waals surface area contributed by atoms with E-state index in [0.29, 0.717) is 0 Å². The van der Waals surface area contributed by atoms with Gasteiger partial charge in [0.2, 0.25) is 0 Å². The van der Waals surface area contributed by atoms with Crippen LogP contribution in [0.25, 0.3) is 10.6 Å². The van der Waals surface area contributed by atoms with Gasteiger partial charge in [0.05, 0.1) is 11.8 Å².